The van der Waals surface area contributed by atoms with Crippen molar-refractivity contribution in [2.45, 2.75) is 6.42 Å². The lowest BCUT2D eigenvalue weighted by Gasteiger charge is -2.07. The Balaban J connectivity index is 2.30. The molecule has 0 fully saturated rings. The molecule has 0 saturated heterocycles. The van der Waals surface area contributed by atoms with Crippen LogP contribution in [-0.4, -0.2) is 12.9 Å². The summed E-state index contributed by atoms with van der Waals surface area (Å²) in [6.45, 7) is 0. The van der Waals surface area contributed by atoms with Crippen LogP contribution >= 0.6 is 15.9 Å². The van der Waals surface area contributed by atoms with Crippen LogP contribution in [0.15, 0.2) is 34.8 Å². The highest BCUT2D eigenvalue weighted by Gasteiger charge is 2.18. The number of rotatable bonds is 4. The van der Waals surface area contributed by atoms with Crippen molar-refractivity contribution in [2.75, 3.05) is 7.11 Å². The van der Waals surface area contributed by atoms with Gasteiger partial charge in [0.1, 0.15) is 11.6 Å². The average Bonchev–Trinajstić information content (AvgIpc) is 2.47. The first-order valence-electron chi connectivity index (χ1n) is 5.93. The number of carbonyl (C=O) groups excluding carboxylic acids is 1. The largest absolute Gasteiger partial charge is 0.494 e. The molecule has 0 spiro atoms. The van der Waals surface area contributed by atoms with Crippen molar-refractivity contribution >= 4 is 21.7 Å². The number of ketones is 1. The molecule has 2 rings (SSSR count). The van der Waals surface area contributed by atoms with Crippen LogP contribution < -0.4 is 4.74 Å². The van der Waals surface area contributed by atoms with E-state index in [1.165, 1.54) is 25.3 Å². The summed E-state index contributed by atoms with van der Waals surface area (Å²) in [6, 6.07) is 5.89. The van der Waals surface area contributed by atoms with Crippen molar-refractivity contribution in [3.05, 3.63) is 63.4 Å². The predicted molar refractivity (Wildman–Crippen MR) is 75.0 cm³/mol. The summed E-state index contributed by atoms with van der Waals surface area (Å²) < 4.78 is 45.7. The molecule has 110 valence electrons. The van der Waals surface area contributed by atoms with Crippen LogP contribution in [0.25, 0.3) is 0 Å². The van der Waals surface area contributed by atoms with Gasteiger partial charge >= 0.3 is 0 Å². The van der Waals surface area contributed by atoms with E-state index >= 15 is 0 Å². The lowest BCUT2D eigenvalue weighted by atomic mass is 10.0. The van der Waals surface area contributed by atoms with Gasteiger partial charge in [-0.25, -0.2) is 13.2 Å². The second-order valence-corrected chi connectivity index (χ2v) is 5.13. The molecule has 0 aliphatic rings. The van der Waals surface area contributed by atoms with Crippen LogP contribution in [0.4, 0.5) is 13.2 Å². The number of benzene rings is 2. The third kappa shape index (κ3) is 3.26. The molecule has 0 unspecified atom stereocenters. The van der Waals surface area contributed by atoms with Gasteiger partial charge in [0.2, 0.25) is 0 Å². The molecule has 0 atom stereocenters. The molecule has 0 N–H and O–H groups in total. The number of hydrogen-bond donors (Lipinski definition) is 0. The molecule has 2 aromatic rings. The normalized spacial score (nSPS) is 10.5. The van der Waals surface area contributed by atoms with Crippen molar-refractivity contribution in [3.8, 4) is 5.75 Å². The minimum absolute atomic E-state index is 0.00799. The second-order valence-electron chi connectivity index (χ2n) is 4.27. The molecule has 0 saturated carbocycles. The molecule has 0 amide bonds. The Labute approximate surface area is 127 Å². The van der Waals surface area contributed by atoms with E-state index in [-0.39, 0.29) is 21.3 Å². The number of Topliss-reactive ketones (excluding diaryl/α,β-unsaturated/α-hetero) is 1. The molecular weight excluding hydrogens is 349 g/mol. The first-order valence-corrected chi connectivity index (χ1v) is 6.72. The van der Waals surface area contributed by atoms with Gasteiger partial charge in [-0.05, 0) is 46.3 Å². The predicted octanol–water partition coefficient (Wildman–Crippen LogP) is 4.30. The lowest BCUT2D eigenvalue weighted by Crippen LogP contribution is -2.08. The van der Waals surface area contributed by atoms with Crippen LogP contribution in [0.2, 0.25) is 0 Å². The fraction of sp³-hybridized carbons (Fsp3) is 0.133. The van der Waals surface area contributed by atoms with Crippen molar-refractivity contribution in [1.29, 1.82) is 0 Å². The van der Waals surface area contributed by atoms with E-state index in [0.717, 1.165) is 12.1 Å². The van der Waals surface area contributed by atoms with Gasteiger partial charge in [0.15, 0.2) is 17.3 Å². The third-order valence-electron chi connectivity index (χ3n) is 2.95. The van der Waals surface area contributed by atoms with Gasteiger partial charge in [-0.1, -0.05) is 0 Å². The smallest absolute Gasteiger partial charge is 0.167 e. The fourth-order valence-electron chi connectivity index (χ4n) is 1.83. The summed E-state index contributed by atoms with van der Waals surface area (Å²) in [5.74, 6) is -2.97. The number of carbonyl (C=O) groups is 1. The Morgan fingerprint density at radius 3 is 2.48 bits per heavy atom. The SMILES string of the molecule is COc1ccc(C(=O)Cc2c(F)ccc(Br)c2F)cc1F. The minimum Gasteiger partial charge on any atom is -0.494 e. The highest BCUT2D eigenvalue weighted by molar-refractivity contribution is 9.10. The summed E-state index contributed by atoms with van der Waals surface area (Å²) in [5.41, 5.74) is -0.335. The summed E-state index contributed by atoms with van der Waals surface area (Å²) in [6.07, 6.45) is -0.497. The van der Waals surface area contributed by atoms with E-state index in [1.807, 2.05) is 0 Å². The molecule has 0 radical (unpaired) electrons. The number of hydrogen-bond acceptors (Lipinski definition) is 2. The highest BCUT2D eigenvalue weighted by atomic mass is 79.9. The van der Waals surface area contributed by atoms with Gasteiger partial charge in [0.05, 0.1) is 11.6 Å². The summed E-state index contributed by atoms with van der Waals surface area (Å²) in [5, 5.41) is 0. The monoisotopic (exact) mass is 358 g/mol. The Morgan fingerprint density at radius 2 is 1.86 bits per heavy atom. The molecule has 2 nitrogen and oxygen atoms in total. The average molecular weight is 359 g/mol. The van der Waals surface area contributed by atoms with E-state index in [4.69, 9.17) is 4.74 Å². The van der Waals surface area contributed by atoms with Crippen molar-refractivity contribution in [2.24, 2.45) is 0 Å². The molecule has 0 aromatic heterocycles. The molecule has 0 aliphatic heterocycles. The van der Waals surface area contributed by atoms with Crippen LogP contribution in [0.3, 0.4) is 0 Å². The maximum Gasteiger partial charge on any atom is 0.167 e. The number of ether oxygens (including phenoxy) is 1. The number of methoxy groups -OCH3 is 1. The molecule has 2 aromatic carbocycles. The molecule has 6 heteroatoms. The van der Waals surface area contributed by atoms with Gasteiger partial charge in [-0.15, -0.1) is 0 Å². The first-order chi connectivity index (χ1) is 9.93. The van der Waals surface area contributed by atoms with Crippen molar-refractivity contribution < 1.29 is 22.7 Å². The van der Waals surface area contributed by atoms with Crippen LogP contribution in [-0.2, 0) is 6.42 Å². The topological polar surface area (TPSA) is 26.3 Å². The van der Waals surface area contributed by atoms with E-state index in [2.05, 4.69) is 15.9 Å². The number of halogens is 4. The summed E-state index contributed by atoms with van der Waals surface area (Å²) >= 11 is 2.93. The van der Waals surface area contributed by atoms with Crippen molar-refractivity contribution in [1.82, 2.24) is 0 Å². The quantitative estimate of drug-likeness (QED) is 0.601. The van der Waals surface area contributed by atoms with Crippen LogP contribution in [0.5, 0.6) is 5.75 Å². The highest BCUT2D eigenvalue weighted by Crippen LogP contribution is 2.24. The van der Waals surface area contributed by atoms with Gasteiger partial charge in [-0.2, -0.15) is 0 Å². The zero-order valence-electron chi connectivity index (χ0n) is 10.9. The Kier molecular flexibility index (Phi) is 4.67. The van der Waals surface area contributed by atoms with Gasteiger partial charge in [0, 0.05) is 17.5 Å². The maximum absolute atomic E-state index is 13.8. The van der Waals surface area contributed by atoms with Crippen LogP contribution in [0.1, 0.15) is 15.9 Å². The Bertz CT molecular complexity index is 702. The second kappa shape index (κ2) is 6.30. The van der Waals surface area contributed by atoms with Crippen molar-refractivity contribution in [3.63, 3.8) is 0 Å². The van der Waals surface area contributed by atoms with E-state index < -0.39 is 29.7 Å². The van der Waals surface area contributed by atoms with Crippen LogP contribution in [0, 0.1) is 17.5 Å². The fourth-order valence-corrected chi connectivity index (χ4v) is 2.21. The first kappa shape index (κ1) is 15.6. The summed E-state index contributed by atoms with van der Waals surface area (Å²) in [4.78, 5) is 12.0. The zero-order chi connectivity index (χ0) is 15.6. The maximum atomic E-state index is 13.8. The molecule has 21 heavy (non-hydrogen) atoms. The molecular formula is C15H10BrF3O2. The van der Waals surface area contributed by atoms with Gasteiger partial charge in [0.25, 0.3) is 0 Å². The molecule has 0 heterocycles. The van der Waals surface area contributed by atoms with E-state index in [9.17, 15) is 18.0 Å². The van der Waals surface area contributed by atoms with Gasteiger partial charge < -0.3 is 4.74 Å². The molecule has 0 bridgehead atoms. The zero-order valence-corrected chi connectivity index (χ0v) is 12.5. The van der Waals surface area contributed by atoms with E-state index in [1.54, 1.807) is 0 Å². The lowest BCUT2D eigenvalue weighted by molar-refractivity contribution is 0.0990. The third-order valence-corrected chi connectivity index (χ3v) is 3.56. The molecule has 0 aliphatic carbocycles. The van der Waals surface area contributed by atoms with E-state index in [0.29, 0.717) is 0 Å². The standard InChI is InChI=1S/C15H10BrF3O2/c1-21-14-5-2-8(6-12(14)18)13(20)7-9-11(17)4-3-10(16)15(9)19/h2-6H,7H2,1H3. The Hall–Kier alpha value is -1.82. The minimum atomic E-state index is -0.836. The summed E-state index contributed by atoms with van der Waals surface area (Å²) in [7, 11) is 1.30. The Morgan fingerprint density at radius 1 is 1.14 bits per heavy atom. The van der Waals surface area contributed by atoms with Gasteiger partial charge in [-0.3, -0.25) is 4.79 Å².